The van der Waals surface area contributed by atoms with E-state index in [-0.39, 0.29) is 5.97 Å². The molecule has 0 saturated carbocycles. The fraction of sp³-hybridized carbons (Fsp3) is 0.250. The van der Waals surface area contributed by atoms with Gasteiger partial charge in [-0.15, -0.1) is 0 Å². The summed E-state index contributed by atoms with van der Waals surface area (Å²) in [5.74, 6) is -0.289. The van der Waals surface area contributed by atoms with E-state index in [1.807, 2.05) is 0 Å². The van der Waals surface area contributed by atoms with Crippen LogP contribution in [0, 0.1) is 0 Å². The summed E-state index contributed by atoms with van der Waals surface area (Å²) in [5, 5.41) is 0. The van der Waals surface area contributed by atoms with E-state index < -0.39 is 0 Å². The molecule has 0 heterocycles. The number of carbonyl (C=O) groups excluding carboxylic acids is 1. The van der Waals surface area contributed by atoms with E-state index in [1.54, 1.807) is 6.92 Å². The molecule has 0 N–H and O–H groups in total. The molecule has 3 heteroatoms. The summed E-state index contributed by atoms with van der Waals surface area (Å²) in [6, 6.07) is 0. The van der Waals surface area contributed by atoms with Crippen molar-refractivity contribution in [2.75, 3.05) is 0 Å². The Morgan fingerprint density at radius 2 is 2.29 bits per heavy atom. The van der Waals surface area contributed by atoms with Gasteiger partial charge in [-0.25, -0.2) is 0 Å². The van der Waals surface area contributed by atoms with Gasteiger partial charge >= 0.3 is 55.9 Å². The van der Waals surface area contributed by atoms with E-state index in [0.717, 1.165) is 0 Å². The van der Waals surface area contributed by atoms with Gasteiger partial charge < -0.3 is 0 Å². The van der Waals surface area contributed by atoms with Crippen molar-refractivity contribution in [2.24, 2.45) is 0 Å². The molecule has 0 aromatic rings. The summed E-state index contributed by atoms with van der Waals surface area (Å²) in [6.45, 7) is 5.00. The van der Waals surface area contributed by atoms with Crippen molar-refractivity contribution >= 4 is 28.9 Å². The summed E-state index contributed by atoms with van der Waals surface area (Å²) in [6.07, 6.45) is 0. The van der Waals surface area contributed by atoms with Crippen molar-refractivity contribution in [3.8, 4) is 0 Å². The van der Waals surface area contributed by atoms with Gasteiger partial charge in [-0.1, -0.05) is 0 Å². The molecule has 0 bridgehead atoms. The Morgan fingerprint density at radius 1 is 1.86 bits per heavy atom. The Bertz CT molecular complexity index is 97.9. The van der Waals surface area contributed by atoms with E-state index in [2.05, 4.69) is 9.65 Å². The van der Waals surface area contributed by atoms with Gasteiger partial charge in [0.2, 0.25) is 0 Å². The van der Waals surface area contributed by atoms with Gasteiger partial charge in [0.25, 0.3) is 0 Å². The Hall–Kier alpha value is 0.00870. The van der Waals surface area contributed by atoms with E-state index >= 15 is 0 Å². The van der Waals surface area contributed by atoms with Crippen LogP contribution in [0.1, 0.15) is 6.92 Å². The molecule has 0 spiro atoms. The van der Waals surface area contributed by atoms with Gasteiger partial charge in [0.1, 0.15) is 0 Å². The second kappa shape index (κ2) is 3.07. The summed E-state index contributed by atoms with van der Waals surface area (Å²) < 4.78 is 4.40. The zero-order valence-corrected chi connectivity index (χ0v) is 7.40. The fourth-order valence-corrected chi connectivity index (χ4v) is 0.675. The number of hydrogen-bond donors (Lipinski definition) is 0. The Morgan fingerprint density at radius 3 is 2.29 bits per heavy atom. The van der Waals surface area contributed by atoms with Crippen LogP contribution in [0.5, 0.6) is 0 Å². The van der Waals surface area contributed by atoms with Crippen molar-refractivity contribution in [3.05, 3.63) is 12.2 Å². The first-order valence-corrected chi connectivity index (χ1v) is 3.09. The monoisotopic (exact) mass is 206 g/mol. The Labute approximate surface area is 56.2 Å². The van der Waals surface area contributed by atoms with Crippen LogP contribution < -0.4 is 0 Å². The fourth-order valence-electron chi connectivity index (χ4n) is 0.101. The summed E-state index contributed by atoms with van der Waals surface area (Å²) >= 11 is 0.516. The first-order valence-electron chi connectivity index (χ1n) is 1.75. The topological polar surface area (TPSA) is 26.3 Å². The molecule has 0 aromatic heterocycles. The van der Waals surface area contributed by atoms with Crippen molar-refractivity contribution in [3.63, 3.8) is 0 Å². The summed E-state index contributed by atoms with van der Waals surface area (Å²) in [5.41, 5.74) is 0.465. The van der Waals surface area contributed by atoms with Crippen LogP contribution in [-0.2, 0) is 7.87 Å². The van der Waals surface area contributed by atoms with Crippen LogP contribution in [0.2, 0.25) is 0 Å². The molecule has 2 nitrogen and oxygen atoms in total. The van der Waals surface area contributed by atoms with Crippen molar-refractivity contribution in [2.45, 2.75) is 6.92 Å². The van der Waals surface area contributed by atoms with E-state index in [4.69, 9.17) is 0 Å². The van der Waals surface area contributed by atoms with Crippen molar-refractivity contribution < 1.29 is 7.87 Å². The van der Waals surface area contributed by atoms with Gasteiger partial charge in [0.15, 0.2) is 0 Å². The summed E-state index contributed by atoms with van der Waals surface area (Å²) in [4.78, 5) is 10.2. The van der Waals surface area contributed by atoms with Crippen LogP contribution in [0.25, 0.3) is 0 Å². The predicted octanol–water partition coefficient (Wildman–Crippen LogP) is -0.0785. The average molecular weight is 205 g/mol. The maximum atomic E-state index is 10.2. The van der Waals surface area contributed by atoms with Gasteiger partial charge in [0.05, 0.1) is 0 Å². The Kier molecular flexibility index (Phi) is 3.07. The molecule has 0 amide bonds. The van der Waals surface area contributed by atoms with Crippen LogP contribution in [0.15, 0.2) is 12.2 Å². The molecule has 0 saturated heterocycles. The zero-order chi connectivity index (χ0) is 5.86. The molecule has 0 unspecified atom stereocenters. The SMILES string of the molecule is C=C(C)C(=O)[O][SnH]. The molecule has 0 atom stereocenters. The van der Waals surface area contributed by atoms with Gasteiger partial charge in [-0.3, -0.25) is 0 Å². The molecule has 2 radical (unpaired) electrons. The van der Waals surface area contributed by atoms with Gasteiger partial charge in [-0.2, -0.15) is 0 Å². The molecule has 0 fully saturated rings. The second-order valence-corrected chi connectivity index (χ2v) is 1.86. The van der Waals surface area contributed by atoms with E-state index in [0.29, 0.717) is 28.5 Å². The van der Waals surface area contributed by atoms with Gasteiger partial charge in [0, 0.05) is 0 Å². The van der Waals surface area contributed by atoms with Crippen LogP contribution in [0.3, 0.4) is 0 Å². The molecule has 0 aromatic carbocycles. The quantitative estimate of drug-likeness (QED) is 0.442. The molecule has 0 aliphatic heterocycles. The Balaban J connectivity index is 3.58. The minimum atomic E-state index is -0.289. The molecule has 7 heavy (non-hydrogen) atoms. The average Bonchev–Trinajstić information content (AvgIpc) is 1.65. The van der Waals surface area contributed by atoms with Crippen LogP contribution >= 0.6 is 0 Å². The number of hydrogen-bond acceptors (Lipinski definition) is 2. The molecule has 0 aliphatic rings. The summed E-state index contributed by atoms with van der Waals surface area (Å²) in [7, 11) is 0. The van der Waals surface area contributed by atoms with Crippen LogP contribution in [0.4, 0.5) is 0 Å². The third kappa shape index (κ3) is 2.67. The van der Waals surface area contributed by atoms with Gasteiger partial charge in [-0.05, 0) is 0 Å². The minimum absolute atomic E-state index is 0.289. The van der Waals surface area contributed by atoms with Crippen molar-refractivity contribution in [1.82, 2.24) is 0 Å². The maximum absolute atomic E-state index is 10.2. The number of rotatable bonds is 1. The second-order valence-electron chi connectivity index (χ2n) is 1.19. The molecule has 38 valence electrons. The first kappa shape index (κ1) is 7.01. The normalized spacial score (nSPS) is 7.71. The predicted molar refractivity (Wildman–Crippen MR) is 28.1 cm³/mol. The molecule has 0 aliphatic carbocycles. The molecule has 0 rings (SSSR count). The van der Waals surface area contributed by atoms with E-state index in [9.17, 15) is 4.79 Å². The molecular formula is C4H6O2Sn. The zero-order valence-electron chi connectivity index (χ0n) is 4.10. The standard InChI is InChI=1S/C4H6O2.Sn.H/c1-3(2)4(5)6;;/h1H2,2H3,(H,5,6);;/q;+1;/p-1. The van der Waals surface area contributed by atoms with Crippen LogP contribution in [-0.4, -0.2) is 28.9 Å². The van der Waals surface area contributed by atoms with E-state index in [1.165, 1.54) is 0 Å². The number of carbonyl (C=O) groups is 1. The third-order valence-corrected chi connectivity index (χ3v) is 1.07. The first-order chi connectivity index (χ1) is 3.18. The third-order valence-electron chi connectivity index (χ3n) is 0.455. The molecular weight excluding hydrogens is 199 g/mol. The van der Waals surface area contributed by atoms with Crippen molar-refractivity contribution in [1.29, 1.82) is 0 Å².